The Morgan fingerprint density at radius 3 is 2.27 bits per heavy atom. The van der Waals surface area contributed by atoms with E-state index < -0.39 is 9.84 Å². The highest BCUT2D eigenvalue weighted by atomic mass is 32.2. The van der Waals surface area contributed by atoms with Gasteiger partial charge in [0.05, 0.1) is 5.75 Å². The minimum Gasteiger partial charge on any atom is -0.300 e. The molecule has 0 saturated heterocycles. The summed E-state index contributed by atoms with van der Waals surface area (Å²) in [4.78, 5) is 11.3. The average Bonchev–Trinajstić information content (AvgIpc) is 2.11. The third-order valence-electron chi connectivity index (χ3n) is 2.24. The lowest BCUT2D eigenvalue weighted by Gasteiger charge is -2.04. The van der Waals surface area contributed by atoms with Gasteiger partial charge >= 0.3 is 0 Å². The van der Waals surface area contributed by atoms with E-state index >= 15 is 0 Å². The summed E-state index contributed by atoms with van der Waals surface area (Å²) in [5.41, 5.74) is 0. The molecule has 0 heterocycles. The van der Waals surface area contributed by atoms with Crippen LogP contribution in [-0.4, -0.2) is 25.7 Å². The molecule has 0 amide bonds. The van der Waals surface area contributed by atoms with E-state index in [0.29, 0.717) is 31.6 Å². The fraction of sp³-hybridized carbons (Fsp3) is 0.909. The summed E-state index contributed by atoms with van der Waals surface area (Å²) >= 11 is 0. The molecule has 90 valence electrons. The summed E-state index contributed by atoms with van der Waals surface area (Å²) in [6.45, 7) is 5.68. The molecule has 0 saturated carbocycles. The lowest BCUT2D eigenvalue weighted by Crippen LogP contribution is -2.09. The van der Waals surface area contributed by atoms with Crippen LogP contribution in [0.15, 0.2) is 0 Å². The van der Waals surface area contributed by atoms with Gasteiger partial charge in [0.1, 0.15) is 15.6 Å². The molecular weight excluding hydrogens is 212 g/mol. The topological polar surface area (TPSA) is 51.2 Å². The standard InChI is InChI=1S/C11H22O3S/c1-4-15(13,14)8-6-5-7-11(12)9-10(2)3/h10H,4-9H2,1-3H3. The minimum atomic E-state index is -2.85. The SMILES string of the molecule is CCS(=O)(=O)CCCCC(=O)CC(C)C. The lowest BCUT2D eigenvalue weighted by molar-refractivity contribution is -0.119. The molecule has 4 heteroatoms. The third kappa shape index (κ3) is 8.60. The van der Waals surface area contributed by atoms with Crippen molar-refractivity contribution < 1.29 is 13.2 Å². The summed E-state index contributed by atoms with van der Waals surface area (Å²) in [5, 5.41) is 0. The van der Waals surface area contributed by atoms with E-state index in [0.717, 1.165) is 0 Å². The van der Waals surface area contributed by atoms with Crippen LogP contribution in [0, 0.1) is 5.92 Å². The van der Waals surface area contributed by atoms with Gasteiger partial charge in [0.15, 0.2) is 0 Å². The summed E-state index contributed by atoms with van der Waals surface area (Å²) in [6.07, 6.45) is 2.45. The normalized spacial score (nSPS) is 12.0. The number of hydrogen-bond donors (Lipinski definition) is 0. The highest BCUT2D eigenvalue weighted by Crippen LogP contribution is 2.07. The average molecular weight is 234 g/mol. The second kappa shape index (κ2) is 6.99. The molecule has 15 heavy (non-hydrogen) atoms. The first-order chi connectivity index (χ1) is 6.87. The van der Waals surface area contributed by atoms with Crippen LogP contribution in [0.5, 0.6) is 0 Å². The van der Waals surface area contributed by atoms with Crippen LogP contribution in [0.3, 0.4) is 0 Å². The molecule has 0 fully saturated rings. The fourth-order valence-electron chi connectivity index (χ4n) is 1.35. The Morgan fingerprint density at radius 2 is 1.80 bits per heavy atom. The van der Waals surface area contributed by atoms with Gasteiger partial charge in [0.25, 0.3) is 0 Å². The van der Waals surface area contributed by atoms with Gasteiger partial charge < -0.3 is 0 Å². The van der Waals surface area contributed by atoms with Crippen molar-refractivity contribution in [2.45, 2.75) is 46.5 Å². The molecule has 0 radical (unpaired) electrons. The first-order valence-corrected chi connectivity index (χ1v) is 7.41. The number of carbonyl (C=O) groups is 1. The number of Topliss-reactive ketones (excluding diaryl/α,β-unsaturated/α-hetero) is 1. The van der Waals surface area contributed by atoms with Gasteiger partial charge in [-0.3, -0.25) is 4.79 Å². The summed E-state index contributed by atoms with van der Waals surface area (Å²) in [6, 6.07) is 0. The summed E-state index contributed by atoms with van der Waals surface area (Å²) in [5.74, 6) is 1.07. The zero-order chi connectivity index (χ0) is 11.9. The number of carbonyl (C=O) groups excluding carboxylic acids is 1. The van der Waals surface area contributed by atoms with Gasteiger partial charge in [-0.15, -0.1) is 0 Å². The largest absolute Gasteiger partial charge is 0.300 e. The van der Waals surface area contributed by atoms with Crippen LogP contribution in [0.4, 0.5) is 0 Å². The third-order valence-corrected chi connectivity index (χ3v) is 4.03. The number of hydrogen-bond acceptors (Lipinski definition) is 3. The maximum atomic E-state index is 11.3. The molecule has 0 N–H and O–H groups in total. The summed E-state index contributed by atoms with van der Waals surface area (Å²) < 4.78 is 22.3. The van der Waals surface area contributed by atoms with Crippen molar-refractivity contribution >= 4 is 15.6 Å². The fourth-order valence-corrected chi connectivity index (χ4v) is 2.28. The second-order valence-corrected chi connectivity index (χ2v) is 6.80. The van der Waals surface area contributed by atoms with E-state index in [1.807, 2.05) is 13.8 Å². The second-order valence-electron chi connectivity index (χ2n) is 4.33. The van der Waals surface area contributed by atoms with Gasteiger partial charge in [-0.05, 0) is 18.8 Å². The number of sulfone groups is 1. The molecular formula is C11H22O3S. The van der Waals surface area contributed by atoms with E-state index in [-0.39, 0.29) is 17.3 Å². The Bertz CT molecular complexity index is 278. The highest BCUT2D eigenvalue weighted by molar-refractivity contribution is 7.91. The van der Waals surface area contributed by atoms with Crippen LogP contribution in [0.1, 0.15) is 46.5 Å². The Hall–Kier alpha value is -0.380. The van der Waals surface area contributed by atoms with E-state index in [2.05, 4.69) is 0 Å². The Balaban J connectivity index is 3.59. The predicted molar refractivity (Wildman–Crippen MR) is 62.6 cm³/mol. The van der Waals surface area contributed by atoms with Gasteiger partial charge in [-0.2, -0.15) is 0 Å². The van der Waals surface area contributed by atoms with Crippen molar-refractivity contribution in [1.82, 2.24) is 0 Å². The molecule has 0 atom stereocenters. The smallest absolute Gasteiger partial charge is 0.150 e. The minimum absolute atomic E-state index is 0.201. The Morgan fingerprint density at radius 1 is 1.20 bits per heavy atom. The quantitative estimate of drug-likeness (QED) is 0.605. The molecule has 0 aliphatic rings. The van der Waals surface area contributed by atoms with Crippen LogP contribution in [0.2, 0.25) is 0 Å². The molecule has 3 nitrogen and oxygen atoms in total. The van der Waals surface area contributed by atoms with E-state index in [4.69, 9.17) is 0 Å². The molecule has 0 bridgehead atoms. The number of rotatable bonds is 8. The van der Waals surface area contributed by atoms with E-state index in [9.17, 15) is 13.2 Å². The lowest BCUT2D eigenvalue weighted by atomic mass is 10.0. The van der Waals surface area contributed by atoms with Crippen molar-refractivity contribution in [2.24, 2.45) is 5.92 Å². The highest BCUT2D eigenvalue weighted by Gasteiger charge is 2.08. The van der Waals surface area contributed by atoms with Crippen molar-refractivity contribution in [1.29, 1.82) is 0 Å². The van der Waals surface area contributed by atoms with Gasteiger partial charge in [-0.1, -0.05) is 20.8 Å². The van der Waals surface area contributed by atoms with E-state index in [1.54, 1.807) is 6.92 Å². The maximum Gasteiger partial charge on any atom is 0.150 e. The molecule has 0 aromatic rings. The first kappa shape index (κ1) is 14.6. The molecule has 0 aliphatic carbocycles. The summed E-state index contributed by atoms with van der Waals surface area (Å²) in [7, 11) is -2.85. The molecule has 0 aliphatic heterocycles. The van der Waals surface area contributed by atoms with Crippen molar-refractivity contribution in [3.63, 3.8) is 0 Å². The molecule has 0 aromatic carbocycles. The zero-order valence-electron chi connectivity index (χ0n) is 9.95. The predicted octanol–water partition coefficient (Wildman–Crippen LogP) is 2.21. The van der Waals surface area contributed by atoms with Gasteiger partial charge in [-0.25, -0.2) is 8.42 Å². The molecule has 0 unspecified atom stereocenters. The van der Waals surface area contributed by atoms with Crippen LogP contribution >= 0.6 is 0 Å². The van der Waals surface area contributed by atoms with Crippen LogP contribution < -0.4 is 0 Å². The van der Waals surface area contributed by atoms with Gasteiger partial charge in [0, 0.05) is 18.6 Å². The van der Waals surface area contributed by atoms with Gasteiger partial charge in [0.2, 0.25) is 0 Å². The van der Waals surface area contributed by atoms with E-state index in [1.165, 1.54) is 0 Å². The molecule has 0 rings (SSSR count). The number of ketones is 1. The maximum absolute atomic E-state index is 11.3. The zero-order valence-corrected chi connectivity index (χ0v) is 10.8. The first-order valence-electron chi connectivity index (χ1n) is 5.59. The van der Waals surface area contributed by atoms with Crippen molar-refractivity contribution in [2.75, 3.05) is 11.5 Å². The molecule has 0 spiro atoms. The monoisotopic (exact) mass is 234 g/mol. The van der Waals surface area contributed by atoms with Crippen molar-refractivity contribution in [3.05, 3.63) is 0 Å². The number of unbranched alkanes of at least 4 members (excludes halogenated alkanes) is 1. The molecule has 0 aromatic heterocycles. The van der Waals surface area contributed by atoms with Crippen LogP contribution in [0.25, 0.3) is 0 Å². The van der Waals surface area contributed by atoms with Crippen LogP contribution in [-0.2, 0) is 14.6 Å². The van der Waals surface area contributed by atoms with Crippen molar-refractivity contribution in [3.8, 4) is 0 Å². The Labute approximate surface area is 93.2 Å². The Kier molecular flexibility index (Phi) is 6.81.